The maximum atomic E-state index is 10.9. The Morgan fingerprint density at radius 3 is 2.50 bits per heavy atom. The largest absolute Gasteiger partial charge is 0.363 e. The van der Waals surface area contributed by atoms with Crippen molar-refractivity contribution in [1.82, 2.24) is 9.97 Å². The van der Waals surface area contributed by atoms with Gasteiger partial charge in [-0.2, -0.15) is 0 Å². The SMILES string of the molecule is CC(C)Cc1ccc(-c2cnc(C(N)=O)[nH]2)cc1. The van der Waals surface area contributed by atoms with Crippen LogP contribution in [0.2, 0.25) is 0 Å². The van der Waals surface area contributed by atoms with Crippen LogP contribution in [-0.4, -0.2) is 15.9 Å². The molecule has 0 radical (unpaired) electrons. The number of rotatable bonds is 4. The van der Waals surface area contributed by atoms with E-state index >= 15 is 0 Å². The first-order valence-electron chi connectivity index (χ1n) is 6.00. The van der Waals surface area contributed by atoms with Crippen LogP contribution in [0.5, 0.6) is 0 Å². The van der Waals surface area contributed by atoms with E-state index in [9.17, 15) is 4.79 Å². The second-order valence-electron chi connectivity index (χ2n) is 4.80. The van der Waals surface area contributed by atoms with Gasteiger partial charge < -0.3 is 10.7 Å². The van der Waals surface area contributed by atoms with Crippen molar-refractivity contribution in [3.05, 3.63) is 41.9 Å². The van der Waals surface area contributed by atoms with E-state index in [4.69, 9.17) is 5.73 Å². The van der Waals surface area contributed by atoms with Crippen molar-refractivity contribution in [2.75, 3.05) is 0 Å². The minimum absolute atomic E-state index is 0.191. The lowest BCUT2D eigenvalue weighted by atomic mass is 10.0. The summed E-state index contributed by atoms with van der Waals surface area (Å²) in [5.74, 6) is 0.290. The van der Waals surface area contributed by atoms with Gasteiger partial charge in [0, 0.05) is 0 Å². The number of benzene rings is 1. The van der Waals surface area contributed by atoms with Crippen LogP contribution in [0.4, 0.5) is 0 Å². The zero-order chi connectivity index (χ0) is 13.1. The number of aromatic nitrogens is 2. The number of nitrogens with two attached hydrogens (primary N) is 1. The molecule has 0 aliphatic carbocycles. The third-order valence-electron chi connectivity index (χ3n) is 2.72. The molecule has 0 saturated heterocycles. The Labute approximate surface area is 106 Å². The molecule has 0 atom stereocenters. The number of hydrogen-bond donors (Lipinski definition) is 2. The molecule has 0 unspecified atom stereocenters. The summed E-state index contributed by atoms with van der Waals surface area (Å²) in [6, 6.07) is 8.24. The van der Waals surface area contributed by atoms with Crippen LogP contribution in [0.3, 0.4) is 0 Å². The highest BCUT2D eigenvalue weighted by Gasteiger charge is 2.07. The molecular weight excluding hydrogens is 226 g/mol. The average Bonchev–Trinajstić information content (AvgIpc) is 2.78. The second-order valence-corrected chi connectivity index (χ2v) is 4.80. The fraction of sp³-hybridized carbons (Fsp3) is 0.286. The van der Waals surface area contributed by atoms with E-state index < -0.39 is 5.91 Å². The Kier molecular flexibility index (Phi) is 3.46. The predicted octanol–water partition coefficient (Wildman–Crippen LogP) is 2.37. The van der Waals surface area contributed by atoms with Gasteiger partial charge in [0.05, 0.1) is 11.9 Å². The molecular formula is C14H17N3O. The maximum absolute atomic E-state index is 10.9. The summed E-state index contributed by atoms with van der Waals surface area (Å²) < 4.78 is 0. The lowest BCUT2D eigenvalue weighted by Gasteiger charge is -2.05. The normalized spacial score (nSPS) is 10.8. The molecule has 1 aromatic heterocycles. The van der Waals surface area contributed by atoms with Gasteiger partial charge in [0.1, 0.15) is 0 Å². The van der Waals surface area contributed by atoms with Gasteiger partial charge in [-0.3, -0.25) is 4.79 Å². The zero-order valence-corrected chi connectivity index (χ0v) is 10.6. The van der Waals surface area contributed by atoms with E-state index in [2.05, 4.69) is 35.9 Å². The molecule has 4 heteroatoms. The van der Waals surface area contributed by atoms with E-state index in [1.165, 1.54) is 5.56 Å². The summed E-state index contributed by atoms with van der Waals surface area (Å²) in [7, 11) is 0. The van der Waals surface area contributed by atoms with Crippen LogP contribution in [0, 0.1) is 5.92 Å². The molecule has 0 aliphatic heterocycles. The van der Waals surface area contributed by atoms with Crippen molar-refractivity contribution in [2.45, 2.75) is 20.3 Å². The third kappa shape index (κ3) is 2.77. The maximum Gasteiger partial charge on any atom is 0.284 e. The number of imidazole rings is 1. The van der Waals surface area contributed by atoms with E-state index in [-0.39, 0.29) is 5.82 Å². The smallest absolute Gasteiger partial charge is 0.284 e. The molecule has 2 aromatic rings. The Hall–Kier alpha value is -2.10. The monoisotopic (exact) mass is 243 g/mol. The van der Waals surface area contributed by atoms with Crippen LogP contribution >= 0.6 is 0 Å². The number of carbonyl (C=O) groups excluding carboxylic acids is 1. The number of carbonyl (C=O) groups is 1. The quantitative estimate of drug-likeness (QED) is 0.865. The third-order valence-corrected chi connectivity index (χ3v) is 2.72. The van der Waals surface area contributed by atoms with E-state index in [1.807, 2.05) is 12.1 Å². The van der Waals surface area contributed by atoms with Gasteiger partial charge >= 0.3 is 0 Å². The Morgan fingerprint density at radius 1 is 1.33 bits per heavy atom. The summed E-state index contributed by atoms with van der Waals surface area (Å²) in [5, 5.41) is 0. The van der Waals surface area contributed by atoms with Crippen LogP contribution in [0.1, 0.15) is 30.0 Å². The molecule has 1 amide bonds. The van der Waals surface area contributed by atoms with Crippen molar-refractivity contribution < 1.29 is 4.79 Å². The highest BCUT2D eigenvalue weighted by atomic mass is 16.1. The number of primary amides is 1. The van der Waals surface area contributed by atoms with E-state index in [0.29, 0.717) is 5.92 Å². The molecule has 0 saturated carbocycles. The minimum Gasteiger partial charge on any atom is -0.363 e. The van der Waals surface area contributed by atoms with Crippen molar-refractivity contribution in [2.24, 2.45) is 11.7 Å². The van der Waals surface area contributed by atoms with Crippen molar-refractivity contribution in [3.8, 4) is 11.3 Å². The minimum atomic E-state index is -0.544. The number of H-pyrrole nitrogens is 1. The molecule has 0 aliphatic rings. The van der Waals surface area contributed by atoms with Gasteiger partial charge in [-0.1, -0.05) is 38.1 Å². The molecule has 4 nitrogen and oxygen atoms in total. The number of nitrogens with one attached hydrogen (secondary N) is 1. The van der Waals surface area contributed by atoms with Crippen molar-refractivity contribution in [1.29, 1.82) is 0 Å². The fourth-order valence-electron chi connectivity index (χ4n) is 1.88. The first kappa shape index (κ1) is 12.4. The molecule has 2 rings (SSSR count). The summed E-state index contributed by atoms with van der Waals surface area (Å²) in [4.78, 5) is 17.8. The molecule has 0 spiro atoms. The van der Waals surface area contributed by atoms with E-state index in [0.717, 1.165) is 17.7 Å². The zero-order valence-electron chi connectivity index (χ0n) is 10.6. The van der Waals surface area contributed by atoms with Crippen molar-refractivity contribution in [3.63, 3.8) is 0 Å². The summed E-state index contributed by atoms with van der Waals surface area (Å²) >= 11 is 0. The van der Waals surface area contributed by atoms with Crippen LogP contribution in [0.15, 0.2) is 30.5 Å². The standard InChI is InChI=1S/C14H17N3O/c1-9(2)7-10-3-5-11(6-4-10)12-8-16-14(17-12)13(15)18/h3-6,8-9H,7H2,1-2H3,(H2,15,18)(H,16,17). The highest BCUT2D eigenvalue weighted by molar-refractivity contribution is 5.89. The molecule has 94 valence electrons. The lowest BCUT2D eigenvalue weighted by molar-refractivity contribution is 0.0991. The number of aromatic amines is 1. The summed E-state index contributed by atoms with van der Waals surface area (Å²) in [5.41, 5.74) is 8.27. The molecule has 1 heterocycles. The van der Waals surface area contributed by atoms with Crippen LogP contribution in [0.25, 0.3) is 11.3 Å². The van der Waals surface area contributed by atoms with Gasteiger partial charge in [0.2, 0.25) is 0 Å². The Morgan fingerprint density at radius 2 is 2.00 bits per heavy atom. The van der Waals surface area contributed by atoms with Gasteiger partial charge in [-0.05, 0) is 23.5 Å². The second kappa shape index (κ2) is 5.04. The van der Waals surface area contributed by atoms with E-state index in [1.54, 1.807) is 6.20 Å². The van der Waals surface area contributed by atoms with Gasteiger partial charge in [0.25, 0.3) is 5.91 Å². The fourth-order valence-corrected chi connectivity index (χ4v) is 1.88. The lowest BCUT2D eigenvalue weighted by Crippen LogP contribution is -2.12. The molecule has 3 N–H and O–H groups in total. The first-order valence-corrected chi connectivity index (χ1v) is 6.00. The number of nitrogens with zero attached hydrogens (tertiary/aromatic N) is 1. The number of hydrogen-bond acceptors (Lipinski definition) is 2. The van der Waals surface area contributed by atoms with Gasteiger partial charge in [0.15, 0.2) is 5.82 Å². The first-order chi connectivity index (χ1) is 8.56. The van der Waals surface area contributed by atoms with Crippen LogP contribution in [-0.2, 0) is 6.42 Å². The highest BCUT2D eigenvalue weighted by Crippen LogP contribution is 2.18. The van der Waals surface area contributed by atoms with Gasteiger partial charge in [-0.25, -0.2) is 4.98 Å². The average molecular weight is 243 g/mol. The summed E-state index contributed by atoms with van der Waals surface area (Å²) in [6.07, 6.45) is 2.69. The molecule has 1 aromatic carbocycles. The Bertz CT molecular complexity index is 540. The summed E-state index contributed by atoms with van der Waals surface area (Å²) in [6.45, 7) is 4.39. The van der Waals surface area contributed by atoms with Crippen LogP contribution < -0.4 is 5.73 Å². The van der Waals surface area contributed by atoms with Gasteiger partial charge in [-0.15, -0.1) is 0 Å². The molecule has 18 heavy (non-hydrogen) atoms. The molecule has 0 bridgehead atoms. The molecule has 0 fully saturated rings. The predicted molar refractivity (Wildman–Crippen MR) is 71.1 cm³/mol. The van der Waals surface area contributed by atoms with Crippen molar-refractivity contribution >= 4 is 5.91 Å². The topological polar surface area (TPSA) is 71.8 Å². The Balaban J connectivity index is 2.20. The number of amides is 1.